The van der Waals surface area contributed by atoms with Gasteiger partial charge in [0.05, 0.1) is 25.9 Å². The van der Waals surface area contributed by atoms with Crippen molar-refractivity contribution in [1.29, 1.82) is 0 Å². The molecule has 0 saturated carbocycles. The van der Waals surface area contributed by atoms with E-state index < -0.39 is 0 Å². The van der Waals surface area contributed by atoms with Gasteiger partial charge in [-0.1, -0.05) is 25.0 Å². The number of rotatable bonds is 8. The number of carbonyl (C=O) groups excluding carboxylic acids is 2. The largest absolute Gasteiger partial charge is 0.495 e. The molecule has 1 atom stereocenters. The lowest BCUT2D eigenvalue weighted by molar-refractivity contribution is -0.118. The van der Waals surface area contributed by atoms with Gasteiger partial charge in [0, 0.05) is 24.5 Å². The monoisotopic (exact) mass is 489 g/mol. The van der Waals surface area contributed by atoms with Crippen LogP contribution >= 0.6 is 0 Å². The van der Waals surface area contributed by atoms with Crippen LogP contribution in [0.15, 0.2) is 67.0 Å². The molecule has 8 heteroatoms. The lowest BCUT2D eigenvalue weighted by Crippen LogP contribution is -2.34. The zero-order valence-corrected chi connectivity index (χ0v) is 20.6. The number of hydrogen-bond acceptors (Lipinski definition) is 6. The van der Waals surface area contributed by atoms with Gasteiger partial charge in [0.25, 0.3) is 11.8 Å². The van der Waals surface area contributed by atoms with E-state index in [1.807, 2.05) is 23.1 Å². The number of nitrogens with one attached hydrogen (secondary N) is 1. The average Bonchev–Trinajstić information content (AvgIpc) is 3.18. The van der Waals surface area contributed by atoms with Crippen LogP contribution in [0.2, 0.25) is 0 Å². The first-order valence-electron chi connectivity index (χ1n) is 12.1. The Kier molecular flexibility index (Phi) is 8.39. The van der Waals surface area contributed by atoms with Crippen LogP contribution in [0.1, 0.15) is 47.6 Å². The molecule has 8 nitrogen and oxygen atoms in total. The molecule has 1 unspecified atom stereocenters. The number of benzene rings is 2. The van der Waals surface area contributed by atoms with Crippen LogP contribution in [-0.4, -0.2) is 49.1 Å². The maximum Gasteiger partial charge on any atom is 0.262 e. The molecule has 1 N–H and O–H groups in total. The second kappa shape index (κ2) is 12.1. The van der Waals surface area contributed by atoms with E-state index in [9.17, 15) is 9.59 Å². The number of likely N-dealkylation sites (tertiary alicyclic amines) is 1. The van der Waals surface area contributed by atoms with E-state index in [1.165, 1.54) is 7.11 Å². The predicted octanol–water partition coefficient (Wildman–Crippen LogP) is 4.87. The van der Waals surface area contributed by atoms with Gasteiger partial charge in [0.2, 0.25) is 0 Å². The molecule has 0 bridgehead atoms. The number of anilines is 1. The van der Waals surface area contributed by atoms with Crippen molar-refractivity contribution in [2.24, 2.45) is 0 Å². The highest BCUT2D eigenvalue weighted by Crippen LogP contribution is 2.33. The molecule has 1 aliphatic rings. The molecule has 4 rings (SSSR count). The minimum Gasteiger partial charge on any atom is -0.495 e. The summed E-state index contributed by atoms with van der Waals surface area (Å²) in [7, 11) is 3.05. The number of hydrogen-bond donors (Lipinski definition) is 1. The van der Waals surface area contributed by atoms with Crippen LogP contribution in [0.3, 0.4) is 0 Å². The van der Waals surface area contributed by atoms with E-state index >= 15 is 0 Å². The highest BCUT2D eigenvalue weighted by molar-refractivity contribution is 5.95. The van der Waals surface area contributed by atoms with Crippen LogP contribution < -0.4 is 19.5 Å². The van der Waals surface area contributed by atoms with Crippen molar-refractivity contribution in [3.8, 4) is 17.2 Å². The molecular weight excluding hydrogens is 458 g/mol. The van der Waals surface area contributed by atoms with E-state index in [4.69, 9.17) is 14.2 Å². The van der Waals surface area contributed by atoms with Gasteiger partial charge < -0.3 is 24.4 Å². The summed E-state index contributed by atoms with van der Waals surface area (Å²) in [6.45, 7) is 0.466. The Morgan fingerprint density at radius 2 is 1.72 bits per heavy atom. The van der Waals surface area contributed by atoms with Gasteiger partial charge in [-0.25, -0.2) is 0 Å². The van der Waals surface area contributed by atoms with Crippen molar-refractivity contribution in [2.45, 2.75) is 31.7 Å². The number of methoxy groups -OCH3 is 2. The molecule has 3 aromatic rings. The summed E-state index contributed by atoms with van der Waals surface area (Å²) in [5.74, 6) is 0.931. The Morgan fingerprint density at radius 1 is 0.944 bits per heavy atom. The van der Waals surface area contributed by atoms with E-state index in [2.05, 4.69) is 10.3 Å². The van der Waals surface area contributed by atoms with Gasteiger partial charge in [-0.2, -0.15) is 0 Å². The van der Waals surface area contributed by atoms with Gasteiger partial charge in [-0.3, -0.25) is 14.6 Å². The fourth-order valence-corrected chi connectivity index (χ4v) is 4.45. The molecule has 2 aromatic carbocycles. The van der Waals surface area contributed by atoms with Gasteiger partial charge in [0.1, 0.15) is 5.75 Å². The standard InChI is InChI=1S/C28H31N3O5/c1-34-24-10-6-5-8-22(24)30-27(32)19-36-25-12-11-21(18-26(25)35-2)28(33)31-17-7-3-4-9-23(31)20-13-15-29-16-14-20/h5-6,8,10-16,18,23H,3-4,7,9,17,19H2,1-2H3,(H,30,32). The van der Waals surface area contributed by atoms with Gasteiger partial charge >= 0.3 is 0 Å². The minimum atomic E-state index is -0.341. The van der Waals surface area contributed by atoms with E-state index in [1.54, 1.807) is 55.9 Å². The SMILES string of the molecule is COc1ccccc1NC(=O)COc1ccc(C(=O)N2CCCCCC2c2ccncc2)cc1OC. The number of carbonyl (C=O) groups is 2. The summed E-state index contributed by atoms with van der Waals surface area (Å²) in [4.78, 5) is 32.1. The van der Waals surface area contributed by atoms with Crippen molar-refractivity contribution in [3.63, 3.8) is 0 Å². The average molecular weight is 490 g/mol. The van der Waals surface area contributed by atoms with E-state index in [0.717, 1.165) is 31.2 Å². The first-order chi connectivity index (χ1) is 17.6. The molecule has 1 aromatic heterocycles. The number of pyridine rings is 1. The van der Waals surface area contributed by atoms with Gasteiger partial charge in [0.15, 0.2) is 18.1 Å². The lowest BCUT2D eigenvalue weighted by Gasteiger charge is -2.30. The zero-order valence-electron chi connectivity index (χ0n) is 20.6. The summed E-state index contributed by atoms with van der Waals surface area (Å²) in [5, 5.41) is 2.77. The fourth-order valence-electron chi connectivity index (χ4n) is 4.45. The molecule has 1 saturated heterocycles. The second-order valence-electron chi connectivity index (χ2n) is 8.55. The third kappa shape index (κ3) is 5.94. The highest BCUT2D eigenvalue weighted by atomic mass is 16.5. The maximum absolute atomic E-state index is 13.6. The smallest absolute Gasteiger partial charge is 0.262 e. The molecule has 36 heavy (non-hydrogen) atoms. The van der Waals surface area contributed by atoms with E-state index in [0.29, 0.717) is 35.0 Å². The Labute approximate surface area is 211 Å². The van der Waals surface area contributed by atoms with Crippen LogP contribution in [-0.2, 0) is 4.79 Å². The molecule has 188 valence electrons. The normalized spacial score (nSPS) is 15.5. The highest BCUT2D eigenvalue weighted by Gasteiger charge is 2.28. The Morgan fingerprint density at radius 3 is 2.50 bits per heavy atom. The van der Waals surface area contributed by atoms with Gasteiger partial charge in [-0.05, 0) is 60.9 Å². The first kappa shape index (κ1) is 25.0. The van der Waals surface area contributed by atoms with Crippen LogP contribution in [0.5, 0.6) is 17.2 Å². The van der Waals surface area contributed by atoms with Crippen LogP contribution in [0.25, 0.3) is 0 Å². The summed E-state index contributed by atoms with van der Waals surface area (Å²) < 4.78 is 16.5. The Bertz CT molecular complexity index is 1180. The van der Waals surface area contributed by atoms with Crippen molar-refractivity contribution in [2.75, 3.05) is 32.7 Å². The number of para-hydroxylation sites is 2. The van der Waals surface area contributed by atoms with Crippen LogP contribution in [0, 0.1) is 0 Å². The zero-order chi connectivity index (χ0) is 25.3. The fraction of sp³-hybridized carbons (Fsp3) is 0.321. The molecule has 0 radical (unpaired) electrons. The van der Waals surface area contributed by atoms with Crippen molar-refractivity contribution in [1.82, 2.24) is 9.88 Å². The third-order valence-electron chi connectivity index (χ3n) is 6.25. The molecule has 1 fully saturated rings. The molecule has 0 aliphatic carbocycles. The van der Waals surface area contributed by atoms with Crippen molar-refractivity contribution in [3.05, 3.63) is 78.1 Å². The summed E-state index contributed by atoms with van der Waals surface area (Å²) >= 11 is 0. The quantitative estimate of drug-likeness (QED) is 0.485. The molecule has 0 spiro atoms. The molecular formula is C28H31N3O5. The number of amides is 2. The summed E-state index contributed by atoms with van der Waals surface area (Å²) in [6, 6.07) is 16.2. The first-order valence-corrected chi connectivity index (χ1v) is 12.1. The summed E-state index contributed by atoms with van der Waals surface area (Å²) in [6.07, 6.45) is 7.58. The molecule has 2 heterocycles. The summed E-state index contributed by atoms with van der Waals surface area (Å²) in [5.41, 5.74) is 2.16. The predicted molar refractivity (Wildman–Crippen MR) is 137 cm³/mol. The third-order valence-corrected chi connectivity index (χ3v) is 6.25. The minimum absolute atomic E-state index is 0.00333. The number of ether oxygens (including phenoxy) is 3. The van der Waals surface area contributed by atoms with Crippen LogP contribution in [0.4, 0.5) is 5.69 Å². The molecule has 1 aliphatic heterocycles. The second-order valence-corrected chi connectivity index (χ2v) is 8.55. The maximum atomic E-state index is 13.6. The van der Waals surface area contributed by atoms with E-state index in [-0.39, 0.29) is 24.5 Å². The Balaban J connectivity index is 1.46. The molecule has 2 amide bonds. The van der Waals surface area contributed by atoms with Gasteiger partial charge in [-0.15, -0.1) is 0 Å². The van der Waals surface area contributed by atoms with Crippen molar-refractivity contribution >= 4 is 17.5 Å². The lowest BCUT2D eigenvalue weighted by atomic mass is 10.0. The van der Waals surface area contributed by atoms with Crippen molar-refractivity contribution < 1.29 is 23.8 Å². The topological polar surface area (TPSA) is 90.0 Å². The number of aromatic nitrogens is 1. The number of nitrogens with zero attached hydrogens (tertiary/aromatic N) is 2. The Hall–Kier alpha value is -4.07.